The fraction of sp³-hybridized carbons (Fsp3) is 0.364. The van der Waals surface area contributed by atoms with Crippen LogP contribution in [0.5, 0.6) is 0 Å². The lowest BCUT2D eigenvalue weighted by Crippen LogP contribution is -2.57. The minimum absolute atomic E-state index is 0.0826. The molecule has 1 aromatic carbocycles. The summed E-state index contributed by atoms with van der Waals surface area (Å²) >= 11 is 5.62. The fourth-order valence-corrected chi connectivity index (χ4v) is 1.56. The molecule has 0 saturated carbocycles. The molecule has 0 fully saturated rings. The summed E-state index contributed by atoms with van der Waals surface area (Å²) in [5.41, 5.74) is -2.13. The summed E-state index contributed by atoms with van der Waals surface area (Å²) in [6.45, 7) is -2.08. The van der Waals surface area contributed by atoms with Crippen molar-refractivity contribution >= 4 is 23.2 Å². The molecular formula is C11H13ClN2O6. The molecule has 0 radical (unpaired) electrons. The van der Waals surface area contributed by atoms with Crippen molar-refractivity contribution in [2.24, 2.45) is 0 Å². The highest BCUT2D eigenvalue weighted by molar-refractivity contribution is 6.32. The van der Waals surface area contributed by atoms with E-state index in [2.05, 4.69) is 5.32 Å². The second kappa shape index (κ2) is 6.62. The van der Waals surface area contributed by atoms with Crippen LogP contribution in [0.15, 0.2) is 18.2 Å². The van der Waals surface area contributed by atoms with Crippen LogP contribution in [-0.2, 0) is 0 Å². The van der Waals surface area contributed by atoms with Gasteiger partial charge in [0.15, 0.2) is 0 Å². The number of aliphatic hydroxyl groups is 3. The molecule has 0 aliphatic carbocycles. The first-order valence-corrected chi connectivity index (χ1v) is 5.86. The maximum atomic E-state index is 11.9. The number of amides is 1. The summed E-state index contributed by atoms with van der Waals surface area (Å²) in [5, 5.41) is 40.1. The summed E-state index contributed by atoms with van der Waals surface area (Å²) in [5.74, 6) is -0.790. The number of hydrogen-bond donors (Lipinski definition) is 4. The van der Waals surface area contributed by atoms with Crippen LogP contribution in [0.3, 0.4) is 0 Å². The van der Waals surface area contributed by atoms with Crippen LogP contribution in [0.25, 0.3) is 0 Å². The molecule has 0 unspecified atom stereocenters. The lowest BCUT2D eigenvalue weighted by Gasteiger charge is -2.28. The highest BCUT2D eigenvalue weighted by Gasteiger charge is 2.30. The van der Waals surface area contributed by atoms with E-state index in [1.807, 2.05) is 0 Å². The van der Waals surface area contributed by atoms with Gasteiger partial charge in [-0.2, -0.15) is 0 Å². The van der Waals surface area contributed by atoms with E-state index in [0.29, 0.717) is 0 Å². The van der Waals surface area contributed by atoms with Crippen molar-refractivity contribution in [2.45, 2.75) is 5.54 Å². The van der Waals surface area contributed by atoms with E-state index in [0.717, 1.165) is 6.07 Å². The molecule has 110 valence electrons. The van der Waals surface area contributed by atoms with E-state index in [-0.39, 0.29) is 10.6 Å². The quantitative estimate of drug-likeness (QED) is 0.421. The summed E-state index contributed by atoms with van der Waals surface area (Å²) in [6.07, 6.45) is 0. The number of benzene rings is 1. The van der Waals surface area contributed by atoms with E-state index in [9.17, 15) is 14.9 Å². The first-order chi connectivity index (χ1) is 9.39. The van der Waals surface area contributed by atoms with Gasteiger partial charge in [0.2, 0.25) is 0 Å². The van der Waals surface area contributed by atoms with E-state index in [1.165, 1.54) is 12.1 Å². The van der Waals surface area contributed by atoms with E-state index >= 15 is 0 Å². The first kappa shape index (κ1) is 16.3. The van der Waals surface area contributed by atoms with Gasteiger partial charge in [-0.25, -0.2) is 0 Å². The molecule has 0 saturated heterocycles. The predicted molar refractivity (Wildman–Crippen MR) is 69.6 cm³/mol. The second-order valence-corrected chi connectivity index (χ2v) is 4.54. The Balaban J connectivity index is 3.04. The maximum Gasteiger partial charge on any atom is 0.288 e. The van der Waals surface area contributed by atoms with Crippen LogP contribution in [0.2, 0.25) is 5.02 Å². The topological polar surface area (TPSA) is 133 Å². The molecule has 4 N–H and O–H groups in total. The fourth-order valence-electron chi connectivity index (χ4n) is 1.38. The summed E-state index contributed by atoms with van der Waals surface area (Å²) in [4.78, 5) is 21.9. The number of hydrogen-bond acceptors (Lipinski definition) is 6. The van der Waals surface area contributed by atoms with Gasteiger partial charge in [-0.1, -0.05) is 11.6 Å². The van der Waals surface area contributed by atoms with Crippen molar-refractivity contribution in [2.75, 3.05) is 19.8 Å². The van der Waals surface area contributed by atoms with Gasteiger partial charge in [-0.15, -0.1) is 0 Å². The van der Waals surface area contributed by atoms with Crippen LogP contribution < -0.4 is 5.32 Å². The second-order valence-electron chi connectivity index (χ2n) is 4.13. The molecule has 0 bridgehead atoms. The molecule has 0 spiro atoms. The standard InChI is InChI=1S/C11H13ClN2O6/c12-8-2-1-7(3-9(8)14(19)20)10(18)13-11(4-15,5-16)6-17/h1-3,15-17H,4-6H2,(H,13,18). The molecule has 0 heterocycles. The number of nitro benzene ring substituents is 1. The van der Waals surface area contributed by atoms with Gasteiger partial charge in [0.25, 0.3) is 11.6 Å². The number of nitrogens with one attached hydrogen (secondary N) is 1. The molecule has 0 atom stereocenters. The van der Waals surface area contributed by atoms with Crippen LogP contribution in [0.1, 0.15) is 10.4 Å². The summed E-state index contributed by atoms with van der Waals surface area (Å²) < 4.78 is 0. The van der Waals surface area contributed by atoms with Crippen LogP contribution in [-0.4, -0.2) is 51.5 Å². The lowest BCUT2D eigenvalue weighted by molar-refractivity contribution is -0.384. The Morgan fingerprint density at radius 1 is 1.30 bits per heavy atom. The minimum Gasteiger partial charge on any atom is -0.394 e. The van der Waals surface area contributed by atoms with E-state index < -0.39 is 41.9 Å². The number of aliphatic hydroxyl groups excluding tert-OH is 3. The normalized spacial score (nSPS) is 11.2. The molecule has 0 aliphatic heterocycles. The van der Waals surface area contributed by atoms with Crippen molar-refractivity contribution in [3.05, 3.63) is 38.9 Å². The maximum absolute atomic E-state index is 11.9. The number of carbonyl (C=O) groups is 1. The zero-order valence-electron chi connectivity index (χ0n) is 10.2. The van der Waals surface area contributed by atoms with Crippen molar-refractivity contribution in [3.63, 3.8) is 0 Å². The smallest absolute Gasteiger partial charge is 0.288 e. The zero-order chi connectivity index (χ0) is 15.3. The van der Waals surface area contributed by atoms with Crippen LogP contribution in [0, 0.1) is 10.1 Å². The number of rotatable bonds is 6. The Morgan fingerprint density at radius 3 is 2.30 bits per heavy atom. The number of nitro groups is 1. The monoisotopic (exact) mass is 304 g/mol. The Labute approximate surface area is 118 Å². The number of carbonyl (C=O) groups excluding carboxylic acids is 1. The largest absolute Gasteiger partial charge is 0.394 e. The van der Waals surface area contributed by atoms with Crippen molar-refractivity contribution in [3.8, 4) is 0 Å². The van der Waals surface area contributed by atoms with Crippen molar-refractivity contribution in [1.82, 2.24) is 5.32 Å². The molecule has 20 heavy (non-hydrogen) atoms. The Hall–Kier alpha value is -1.74. The molecule has 1 rings (SSSR count). The molecule has 0 aliphatic rings. The Morgan fingerprint density at radius 2 is 1.85 bits per heavy atom. The minimum atomic E-state index is -1.61. The highest BCUT2D eigenvalue weighted by atomic mass is 35.5. The van der Waals surface area contributed by atoms with Crippen LogP contribution in [0.4, 0.5) is 5.69 Å². The number of halogens is 1. The molecule has 8 nitrogen and oxygen atoms in total. The molecule has 0 aromatic heterocycles. The third kappa shape index (κ3) is 3.42. The van der Waals surface area contributed by atoms with Gasteiger partial charge in [0.1, 0.15) is 10.6 Å². The Kier molecular flexibility index (Phi) is 5.40. The van der Waals surface area contributed by atoms with Gasteiger partial charge in [-0.3, -0.25) is 14.9 Å². The van der Waals surface area contributed by atoms with Crippen LogP contribution >= 0.6 is 11.6 Å². The van der Waals surface area contributed by atoms with Gasteiger partial charge in [-0.05, 0) is 12.1 Å². The van der Waals surface area contributed by atoms with Gasteiger partial charge in [0, 0.05) is 11.6 Å². The number of nitrogens with zero attached hydrogens (tertiary/aromatic N) is 1. The highest BCUT2D eigenvalue weighted by Crippen LogP contribution is 2.25. The SMILES string of the molecule is O=C(NC(CO)(CO)CO)c1ccc(Cl)c([N+](=O)[O-])c1. The summed E-state index contributed by atoms with van der Waals surface area (Å²) in [6, 6.07) is 3.41. The van der Waals surface area contributed by atoms with Gasteiger partial charge < -0.3 is 20.6 Å². The third-order valence-corrected chi connectivity index (χ3v) is 3.01. The van der Waals surface area contributed by atoms with E-state index in [1.54, 1.807) is 0 Å². The zero-order valence-corrected chi connectivity index (χ0v) is 11.0. The predicted octanol–water partition coefficient (Wildman–Crippen LogP) is -0.306. The Bertz CT molecular complexity index is 509. The first-order valence-electron chi connectivity index (χ1n) is 5.48. The van der Waals surface area contributed by atoms with Crippen molar-refractivity contribution in [1.29, 1.82) is 0 Å². The molecular weight excluding hydrogens is 292 g/mol. The third-order valence-electron chi connectivity index (χ3n) is 2.69. The lowest BCUT2D eigenvalue weighted by atomic mass is 10.0. The average Bonchev–Trinajstić information content (AvgIpc) is 2.45. The molecule has 1 aromatic rings. The van der Waals surface area contributed by atoms with Crippen molar-refractivity contribution < 1.29 is 25.0 Å². The van der Waals surface area contributed by atoms with Gasteiger partial charge >= 0.3 is 0 Å². The molecule has 9 heteroatoms. The van der Waals surface area contributed by atoms with Gasteiger partial charge in [0.05, 0.1) is 24.7 Å². The molecule has 1 amide bonds. The average molecular weight is 305 g/mol. The summed E-state index contributed by atoms with van der Waals surface area (Å²) in [7, 11) is 0. The van der Waals surface area contributed by atoms with E-state index in [4.69, 9.17) is 26.9 Å².